The first-order chi connectivity index (χ1) is 15.9. The number of likely N-dealkylation sites (tertiary alicyclic amines) is 1. The Labute approximate surface area is 201 Å². The van der Waals surface area contributed by atoms with Gasteiger partial charge in [0.1, 0.15) is 29.3 Å². The van der Waals surface area contributed by atoms with Crippen molar-refractivity contribution in [3.05, 3.63) is 40.9 Å². The fourth-order valence-corrected chi connectivity index (χ4v) is 4.78. The van der Waals surface area contributed by atoms with Gasteiger partial charge < -0.3 is 25.4 Å². The number of piperidine rings is 1. The fourth-order valence-electron chi connectivity index (χ4n) is 4.14. The van der Waals surface area contributed by atoms with Crippen LogP contribution in [0.2, 0.25) is 0 Å². The zero-order valence-electron chi connectivity index (χ0n) is 19.2. The lowest BCUT2D eigenvalue weighted by Gasteiger charge is -2.35. The van der Waals surface area contributed by atoms with Gasteiger partial charge in [-0.05, 0) is 55.9 Å². The van der Waals surface area contributed by atoms with Crippen molar-refractivity contribution >= 4 is 56.3 Å². The highest BCUT2D eigenvalue weighted by Crippen LogP contribution is 2.34. The maximum absolute atomic E-state index is 13.3. The number of amides is 1. The van der Waals surface area contributed by atoms with Crippen molar-refractivity contribution in [2.24, 2.45) is 0 Å². The molecular weight excluding hydrogens is 484 g/mol. The quantitative estimate of drug-likeness (QED) is 0.437. The van der Waals surface area contributed by atoms with Crippen LogP contribution in [-0.4, -0.2) is 75.4 Å². The number of hydrogen-bond donors (Lipinski definition) is 3. The SMILES string of the molecule is C=Cc1cc(Nc2ncnc3[nH]c(C(=O)N4CCC(N(C)C)CC4)c(Br)c23)ncc1NCC. The zero-order chi connectivity index (χ0) is 23.5. The van der Waals surface area contributed by atoms with Gasteiger partial charge in [0, 0.05) is 31.2 Å². The molecule has 1 aliphatic heterocycles. The van der Waals surface area contributed by atoms with Gasteiger partial charge in [-0.25, -0.2) is 15.0 Å². The molecule has 4 rings (SSSR count). The van der Waals surface area contributed by atoms with Crippen molar-refractivity contribution < 1.29 is 4.79 Å². The molecule has 0 bridgehead atoms. The van der Waals surface area contributed by atoms with Gasteiger partial charge in [-0.15, -0.1) is 0 Å². The van der Waals surface area contributed by atoms with Gasteiger partial charge in [-0.2, -0.15) is 0 Å². The number of fused-ring (bicyclic) bond motifs is 1. The molecule has 0 radical (unpaired) electrons. The van der Waals surface area contributed by atoms with Gasteiger partial charge in [0.05, 0.1) is 21.7 Å². The van der Waals surface area contributed by atoms with E-state index in [1.807, 2.05) is 17.9 Å². The van der Waals surface area contributed by atoms with E-state index in [-0.39, 0.29) is 5.91 Å². The van der Waals surface area contributed by atoms with Crippen LogP contribution in [0.1, 0.15) is 35.8 Å². The van der Waals surface area contributed by atoms with E-state index in [0.717, 1.165) is 43.7 Å². The van der Waals surface area contributed by atoms with E-state index < -0.39 is 0 Å². The van der Waals surface area contributed by atoms with E-state index in [9.17, 15) is 4.79 Å². The van der Waals surface area contributed by atoms with E-state index in [4.69, 9.17) is 0 Å². The zero-order valence-corrected chi connectivity index (χ0v) is 20.7. The molecule has 0 saturated carbocycles. The molecule has 0 unspecified atom stereocenters. The molecule has 9 nitrogen and oxygen atoms in total. The van der Waals surface area contributed by atoms with Crippen LogP contribution in [0, 0.1) is 0 Å². The highest BCUT2D eigenvalue weighted by molar-refractivity contribution is 9.10. The summed E-state index contributed by atoms with van der Waals surface area (Å²) in [5.74, 6) is 1.15. The summed E-state index contributed by atoms with van der Waals surface area (Å²) in [6.07, 6.45) is 6.93. The molecule has 3 N–H and O–H groups in total. The minimum atomic E-state index is -0.0370. The van der Waals surface area contributed by atoms with Crippen molar-refractivity contribution in [1.82, 2.24) is 29.7 Å². The molecule has 4 heterocycles. The molecule has 0 atom stereocenters. The molecule has 174 valence electrons. The number of nitrogens with zero attached hydrogens (tertiary/aromatic N) is 5. The van der Waals surface area contributed by atoms with Gasteiger partial charge in [-0.3, -0.25) is 4.79 Å². The Hall–Kier alpha value is -2.98. The van der Waals surface area contributed by atoms with Crippen LogP contribution in [0.15, 0.2) is 29.6 Å². The average Bonchev–Trinajstić information content (AvgIpc) is 3.17. The summed E-state index contributed by atoms with van der Waals surface area (Å²) in [5.41, 5.74) is 2.92. The van der Waals surface area contributed by atoms with Gasteiger partial charge in [0.25, 0.3) is 5.91 Å². The van der Waals surface area contributed by atoms with Crippen LogP contribution in [0.3, 0.4) is 0 Å². The van der Waals surface area contributed by atoms with Gasteiger partial charge in [-0.1, -0.05) is 12.7 Å². The summed E-state index contributed by atoms with van der Waals surface area (Å²) in [4.78, 5) is 33.8. The standard InChI is InChI=1S/C23H29BrN8O/c1-5-14-11-17(26-12-16(14)25-6-2)29-21-18-19(24)20(30-22(18)28-13-27-21)23(33)32-9-7-15(8-10-32)31(3)4/h5,11-13,15,25H,1,6-10H2,2-4H3,(H2,26,27,28,29,30). The summed E-state index contributed by atoms with van der Waals surface area (Å²) in [7, 11) is 4.18. The minimum Gasteiger partial charge on any atom is -0.384 e. The lowest BCUT2D eigenvalue weighted by Crippen LogP contribution is -2.44. The number of pyridine rings is 1. The molecule has 0 aliphatic carbocycles. The number of hydrogen-bond acceptors (Lipinski definition) is 7. The molecule has 33 heavy (non-hydrogen) atoms. The monoisotopic (exact) mass is 512 g/mol. The smallest absolute Gasteiger partial charge is 0.271 e. The Morgan fingerprint density at radius 1 is 1.33 bits per heavy atom. The number of halogens is 1. The van der Waals surface area contributed by atoms with Crippen molar-refractivity contribution in [3.63, 3.8) is 0 Å². The first-order valence-corrected chi connectivity index (χ1v) is 11.8. The summed E-state index contributed by atoms with van der Waals surface area (Å²) in [6, 6.07) is 2.41. The largest absolute Gasteiger partial charge is 0.384 e. The maximum Gasteiger partial charge on any atom is 0.271 e. The Balaban J connectivity index is 1.61. The van der Waals surface area contributed by atoms with Crippen LogP contribution in [0.4, 0.5) is 17.3 Å². The molecule has 3 aromatic rings. The topological polar surface area (TPSA) is 102 Å². The molecule has 10 heteroatoms. The van der Waals surface area contributed by atoms with E-state index >= 15 is 0 Å². The molecule has 1 aliphatic rings. The second kappa shape index (κ2) is 9.88. The number of nitrogens with one attached hydrogen (secondary N) is 3. The van der Waals surface area contributed by atoms with Crippen LogP contribution in [0.5, 0.6) is 0 Å². The third-order valence-corrected chi connectivity index (χ3v) is 6.79. The van der Waals surface area contributed by atoms with E-state index in [1.165, 1.54) is 6.33 Å². The summed E-state index contributed by atoms with van der Waals surface area (Å²) in [5, 5.41) is 7.24. The van der Waals surface area contributed by atoms with Crippen molar-refractivity contribution in [1.29, 1.82) is 0 Å². The molecule has 3 aromatic heterocycles. The van der Waals surface area contributed by atoms with E-state index in [0.29, 0.717) is 38.9 Å². The summed E-state index contributed by atoms with van der Waals surface area (Å²) >= 11 is 3.63. The van der Waals surface area contributed by atoms with E-state index in [2.05, 4.69) is 72.1 Å². The second-order valence-corrected chi connectivity index (χ2v) is 9.06. The molecule has 0 spiro atoms. The van der Waals surface area contributed by atoms with Gasteiger partial charge in [0.15, 0.2) is 0 Å². The number of H-pyrrole nitrogens is 1. The van der Waals surface area contributed by atoms with Crippen LogP contribution < -0.4 is 10.6 Å². The van der Waals surface area contributed by atoms with Crippen LogP contribution >= 0.6 is 15.9 Å². The third kappa shape index (κ3) is 4.72. The van der Waals surface area contributed by atoms with Crippen LogP contribution in [0.25, 0.3) is 17.1 Å². The van der Waals surface area contributed by atoms with Crippen molar-refractivity contribution in [2.75, 3.05) is 44.4 Å². The average molecular weight is 513 g/mol. The number of rotatable bonds is 7. The third-order valence-electron chi connectivity index (χ3n) is 6.00. The maximum atomic E-state index is 13.3. The lowest BCUT2D eigenvalue weighted by atomic mass is 10.0. The van der Waals surface area contributed by atoms with E-state index in [1.54, 1.807) is 12.3 Å². The summed E-state index contributed by atoms with van der Waals surface area (Å²) in [6.45, 7) is 8.17. The normalized spacial score (nSPS) is 14.6. The molecule has 1 fully saturated rings. The van der Waals surface area contributed by atoms with Crippen molar-refractivity contribution in [3.8, 4) is 0 Å². The Kier molecular flexibility index (Phi) is 6.94. The van der Waals surface area contributed by atoms with Crippen LogP contribution in [-0.2, 0) is 0 Å². The fraction of sp³-hybridized carbons (Fsp3) is 0.391. The first-order valence-electron chi connectivity index (χ1n) is 11.0. The molecule has 0 aromatic carbocycles. The summed E-state index contributed by atoms with van der Waals surface area (Å²) < 4.78 is 0.647. The predicted octanol–water partition coefficient (Wildman–Crippen LogP) is 4.10. The van der Waals surface area contributed by atoms with Gasteiger partial charge >= 0.3 is 0 Å². The van der Waals surface area contributed by atoms with Gasteiger partial charge in [0.2, 0.25) is 0 Å². The highest BCUT2D eigenvalue weighted by Gasteiger charge is 2.28. The Morgan fingerprint density at radius 2 is 2.09 bits per heavy atom. The minimum absolute atomic E-state index is 0.0370. The highest BCUT2D eigenvalue weighted by atomic mass is 79.9. The number of aromatic nitrogens is 4. The Morgan fingerprint density at radius 3 is 2.76 bits per heavy atom. The number of aromatic amines is 1. The molecule has 1 saturated heterocycles. The van der Waals surface area contributed by atoms with Crippen molar-refractivity contribution in [2.45, 2.75) is 25.8 Å². The number of anilines is 3. The number of carbonyl (C=O) groups is 1. The number of carbonyl (C=O) groups excluding carboxylic acids is 1. The Bertz CT molecular complexity index is 1170. The molecule has 1 amide bonds. The first kappa shape index (κ1) is 23.2. The molecular formula is C23H29BrN8O. The predicted molar refractivity (Wildman–Crippen MR) is 136 cm³/mol. The lowest BCUT2D eigenvalue weighted by molar-refractivity contribution is 0.0657. The second-order valence-electron chi connectivity index (χ2n) is 8.26.